The van der Waals surface area contributed by atoms with Crippen molar-refractivity contribution in [3.05, 3.63) is 29.8 Å². The van der Waals surface area contributed by atoms with E-state index in [1.807, 2.05) is 0 Å². The van der Waals surface area contributed by atoms with Gasteiger partial charge in [0.1, 0.15) is 6.04 Å². The third-order valence-electron chi connectivity index (χ3n) is 3.63. The maximum absolute atomic E-state index is 12.4. The van der Waals surface area contributed by atoms with E-state index in [0.717, 1.165) is 0 Å². The molecule has 7 nitrogen and oxygen atoms in total. The Morgan fingerprint density at radius 2 is 2.09 bits per heavy atom. The smallest absolute Gasteiger partial charge is 0.244 e. The normalized spacial score (nSPS) is 24.8. The zero-order chi connectivity index (χ0) is 17.2. The molecule has 3 atom stereocenters. The van der Waals surface area contributed by atoms with E-state index in [1.165, 1.54) is 0 Å². The van der Waals surface area contributed by atoms with E-state index in [4.69, 9.17) is 5.14 Å². The number of alkyl halides is 1. The molecular formula is C14H21BrN4O3S. The lowest BCUT2D eigenvalue weighted by atomic mass is 9.99. The number of sulfonamides is 1. The molecule has 0 bridgehead atoms. The number of carbonyl (C=O) groups excluding carboxylic acids is 1. The minimum absolute atomic E-state index is 0.0462. The highest BCUT2D eigenvalue weighted by molar-refractivity contribution is 9.09. The molecule has 0 aromatic heterocycles. The number of anilines is 1. The molecule has 9 heteroatoms. The van der Waals surface area contributed by atoms with Crippen molar-refractivity contribution in [2.75, 3.05) is 5.32 Å². The molecule has 2 rings (SSSR count). The molecule has 1 aromatic rings. The predicted molar refractivity (Wildman–Crippen MR) is 93.3 cm³/mol. The van der Waals surface area contributed by atoms with Gasteiger partial charge < -0.3 is 5.32 Å². The Hall–Kier alpha value is -1.00. The third-order valence-corrected chi connectivity index (χ3v) is 5.46. The van der Waals surface area contributed by atoms with Crippen molar-refractivity contribution in [1.29, 1.82) is 0 Å². The quantitative estimate of drug-likeness (QED) is 0.538. The summed E-state index contributed by atoms with van der Waals surface area (Å²) in [5, 5.41) is 7.83. The Morgan fingerprint density at radius 3 is 2.65 bits per heavy atom. The van der Waals surface area contributed by atoms with Crippen molar-refractivity contribution < 1.29 is 13.2 Å². The number of hydrogen-bond donors (Lipinski definition) is 4. The van der Waals surface area contributed by atoms with Gasteiger partial charge in [-0.25, -0.2) is 19.0 Å². The Balaban J connectivity index is 2.05. The molecule has 1 saturated heterocycles. The van der Waals surface area contributed by atoms with Crippen LogP contribution in [0.3, 0.4) is 0 Å². The van der Waals surface area contributed by atoms with Crippen LogP contribution in [0, 0.1) is 5.92 Å². The van der Waals surface area contributed by atoms with Crippen LogP contribution in [-0.2, 0) is 20.6 Å². The van der Waals surface area contributed by atoms with Gasteiger partial charge in [0.05, 0.1) is 10.6 Å². The summed E-state index contributed by atoms with van der Waals surface area (Å²) < 4.78 is 22.3. The Labute approximate surface area is 144 Å². The average Bonchev–Trinajstić information content (AvgIpc) is 2.79. The second kappa shape index (κ2) is 7.27. The minimum atomic E-state index is -3.61. The molecule has 1 amide bonds. The standard InChI is InChI=1S/C14H21BrN4O3S/c1-8(2)12-11(15)13(19-18-12)14(20)17-10-5-3-4-9(6-10)7-23(16,21)22/h3-6,8,11-13,18-19H,7H2,1-2H3,(H,17,20)(H2,16,21,22). The molecule has 5 N–H and O–H groups in total. The van der Waals surface area contributed by atoms with Gasteiger partial charge >= 0.3 is 0 Å². The van der Waals surface area contributed by atoms with Crippen LogP contribution in [0.4, 0.5) is 5.69 Å². The van der Waals surface area contributed by atoms with Gasteiger partial charge in [-0.2, -0.15) is 0 Å². The number of carbonyl (C=O) groups is 1. The van der Waals surface area contributed by atoms with Gasteiger partial charge in [-0.15, -0.1) is 0 Å². The van der Waals surface area contributed by atoms with E-state index in [0.29, 0.717) is 17.2 Å². The minimum Gasteiger partial charge on any atom is -0.325 e. The molecule has 1 aliphatic rings. The summed E-state index contributed by atoms with van der Waals surface area (Å²) in [4.78, 5) is 12.4. The van der Waals surface area contributed by atoms with Crippen LogP contribution in [-0.4, -0.2) is 31.2 Å². The molecule has 0 saturated carbocycles. The number of nitrogens with two attached hydrogens (primary N) is 1. The van der Waals surface area contributed by atoms with Crippen LogP contribution in [0.2, 0.25) is 0 Å². The van der Waals surface area contributed by atoms with E-state index in [9.17, 15) is 13.2 Å². The molecule has 128 valence electrons. The van der Waals surface area contributed by atoms with E-state index >= 15 is 0 Å². The van der Waals surface area contributed by atoms with Crippen LogP contribution in [0.25, 0.3) is 0 Å². The van der Waals surface area contributed by atoms with Crippen molar-refractivity contribution >= 4 is 37.5 Å². The molecule has 1 fully saturated rings. The highest BCUT2D eigenvalue weighted by Gasteiger charge is 2.39. The monoisotopic (exact) mass is 404 g/mol. The topological polar surface area (TPSA) is 113 Å². The first-order valence-corrected chi connectivity index (χ1v) is 9.86. The molecule has 0 radical (unpaired) electrons. The fraction of sp³-hybridized carbons (Fsp3) is 0.500. The van der Waals surface area contributed by atoms with Gasteiger partial charge in [0.15, 0.2) is 0 Å². The highest BCUT2D eigenvalue weighted by atomic mass is 79.9. The number of halogens is 1. The molecule has 23 heavy (non-hydrogen) atoms. The number of benzene rings is 1. The summed E-state index contributed by atoms with van der Waals surface area (Å²) in [5.74, 6) is -0.103. The number of rotatable bonds is 5. The number of nitrogens with one attached hydrogen (secondary N) is 3. The molecule has 3 unspecified atom stereocenters. The summed E-state index contributed by atoms with van der Waals surface area (Å²) >= 11 is 3.56. The van der Waals surface area contributed by atoms with Crippen LogP contribution >= 0.6 is 15.9 Å². The number of hydrazine groups is 1. The summed E-state index contributed by atoms with van der Waals surface area (Å²) in [7, 11) is -3.61. The van der Waals surface area contributed by atoms with Crippen molar-refractivity contribution in [2.24, 2.45) is 11.1 Å². The Morgan fingerprint density at radius 1 is 1.39 bits per heavy atom. The molecule has 0 spiro atoms. The van der Waals surface area contributed by atoms with Crippen LogP contribution in [0.1, 0.15) is 19.4 Å². The Kier molecular flexibility index (Phi) is 5.79. The zero-order valence-corrected chi connectivity index (χ0v) is 15.3. The van der Waals surface area contributed by atoms with Crippen molar-refractivity contribution in [3.8, 4) is 0 Å². The Bertz CT molecular complexity index is 680. The van der Waals surface area contributed by atoms with Crippen LogP contribution in [0.15, 0.2) is 24.3 Å². The van der Waals surface area contributed by atoms with Gasteiger partial charge in [0, 0.05) is 11.7 Å². The zero-order valence-electron chi connectivity index (χ0n) is 12.9. The van der Waals surface area contributed by atoms with E-state index in [2.05, 4.69) is 45.9 Å². The molecule has 1 aliphatic heterocycles. The van der Waals surface area contributed by atoms with Crippen LogP contribution in [0.5, 0.6) is 0 Å². The molecule has 1 heterocycles. The van der Waals surface area contributed by atoms with Crippen molar-refractivity contribution in [2.45, 2.75) is 36.5 Å². The number of amides is 1. The summed E-state index contributed by atoms with van der Waals surface area (Å²) in [6.07, 6.45) is 0. The fourth-order valence-corrected chi connectivity index (χ4v) is 4.25. The second-order valence-corrected chi connectivity index (χ2v) is 8.65. The molecular weight excluding hydrogens is 384 g/mol. The maximum Gasteiger partial charge on any atom is 0.244 e. The number of primary sulfonamides is 1. The number of hydrogen-bond acceptors (Lipinski definition) is 5. The largest absolute Gasteiger partial charge is 0.325 e. The summed E-state index contributed by atoms with van der Waals surface area (Å²) in [6, 6.07) is 6.35. The van der Waals surface area contributed by atoms with Gasteiger partial charge in [-0.3, -0.25) is 10.2 Å². The van der Waals surface area contributed by atoms with Gasteiger partial charge in [-0.1, -0.05) is 41.9 Å². The molecule has 1 aromatic carbocycles. The lowest BCUT2D eigenvalue weighted by Gasteiger charge is -2.19. The lowest BCUT2D eigenvalue weighted by Crippen LogP contribution is -2.42. The van der Waals surface area contributed by atoms with Gasteiger partial charge in [0.2, 0.25) is 15.9 Å². The highest BCUT2D eigenvalue weighted by Crippen LogP contribution is 2.23. The van der Waals surface area contributed by atoms with Gasteiger partial charge in [-0.05, 0) is 23.6 Å². The third kappa shape index (κ3) is 4.98. The molecule has 0 aliphatic carbocycles. The predicted octanol–water partition coefficient (Wildman–Crippen LogP) is 0.678. The first-order valence-electron chi connectivity index (χ1n) is 7.23. The maximum atomic E-state index is 12.4. The average molecular weight is 405 g/mol. The van der Waals surface area contributed by atoms with Crippen molar-refractivity contribution in [1.82, 2.24) is 10.9 Å². The van der Waals surface area contributed by atoms with Gasteiger partial charge in [0.25, 0.3) is 0 Å². The van der Waals surface area contributed by atoms with Crippen LogP contribution < -0.4 is 21.3 Å². The van der Waals surface area contributed by atoms with Crippen molar-refractivity contribution in [3.63, 3.8) is 0 Å². The summed E-state index contributed by atoms with van der Waals surface area (Å²) in [5.41, 5.74) is 7.16. The first kappa shape index (κ1) is 18.3. The lowest BCUT2D eigenvalue weighted by molar-refractivity contribution is -0.117. The fourth-order valence-electron chi connectivity index (χ4n) is 2.49. The van der Waals surface area contributed by atoms with E-state index in [-0.39, 0.29) is 22.5 Å². The first-order chi connectivity index (χ1) is 10.7. The SMILES string of the molecule is CC(C)C1NNC(C(=O)Nc2cccc(CS(N)(=O)=O)c2)C1Br. The van der Waals surface area contributed by atoms with E-state index in [1.54, 1.807) is 24.3 Å². The van der Waals surface area contributed by atoms with E-state index < -0.39 is 16.1 Å². The summed E-state index contributed by atoms with van der Waals surface area (Å²) in [6.45, 7) is 4.15. The second-order valence-electron chi connectivity index (χ2n) is 5.98.